The number of β-amino-alcohol motifs (C(OH)–C–C–N with tert-alkyl or cyclic N) is 1. The zero-order valence-corrected chi connectivity index (χ0v) is 13.3. The maximum atomic E-state index is 13.5. The van der Waals surface area contributed by atoms with E-state index in [1.165, 1.54) is 17.3 Å². The topological polar surface area (TPSA) is 32.7 Å². The van der Waals surface area contributed by atoms with Gasteiger partial charge in [0.1, 0.15) is 12.7 Å². The zero-order chi connectivity index (χ0) is 16.2. The first-order valence-electron chi connectivity index (χ1n) is 8.05. The summed E-state index contributed by atoms with van der Waals surface area (Å²) in [5, 5.41) is 10.3. The molecule has 3 rings (SSSR count). The lowest BCUT2D eigenvalue weighted by Gasteiger charge is -2.38. The van der Waals surface area contributed by atoms with Gasteiger partial charge in [-0.15, -0.1) is 0 Å². The van der Waals surface area contributed by atoms with Crippen LogP contribution in [0, 0.1) is 5.82 Å². The summed E-state index contributed by atoms with van der Waals surface area (Å²) in [4.78, 5) is 2.22. The van der Waals surface area contributed by atoms with Crippen LogP contribution in [0.5, 0.6) is 5.75 Å². The van der Waals surface area contributed by atoms with Crippen molar-refractivity contribution in [2.75, 3.05) is 18.1 Å². The predicted molar refractivity (Wildman–Crippen MR) is 89.5 cm³/mol. The summed E-state index contributed by atoms with van der Waals surface area (Å²) in [6, 6.07) is 14.9. The lowest BCUT2D eigenvalue weighted by atomic mass is 9.96. The van der Waals surface area contributed by atoms with Crippen LogP contribution < -0.4 is 9.64 Å². The highest BCUT2D eigenvalue weighted by Gasteiger charge is 2.24. The normalized spacial score (nSPS) is 18.4. The molecule has 2 unspecified atom stereocenters. The Balaban J connectivity index is 1.63. The van der Waals surface area contributed by atoms with Crippen LogP contribution in [0.25, 0.3) is 0 Å². The molecule has 3 nitrogen and oxygen atoms in total. The zero-order valence-electron chi connectivity index (χ0n) is 13.3. The van der Waals surface area contributed by atoms with Crippen molar-refractivity contribution < 1.29 is 14.2 Å². The quantitative estimate of drug-likeness (QED) is 0.918. The lowest BCUT2D eigenvalue weighted by molar-refractivity contribution is 0.108. The van der Waals surface area contributed by atoms with Crippen molar-refractivity contribution in [1.82, 2.24) is 0 Å². The van der Waals surface area contributed by atoms with Crippen molar-refractivity contribution >= 4 is 5.69 Å². The number of aliphatic hydroxyl groups excluding tert-OH is 1. The molecule has 1 aliphatic rings. The molecule has 0 aliphatic carbocycles. The third kappa shape index (κ3) is 3.64. The number of hydrogen-bond acceptors (Lipinski definition) is 3. The van der Waals surface area contributed by atoms with Crippen LogP contribution in [-0.2, 0) is 6.42 Å². The largest absolute Gasteiger partial charge is 0.488 e. The van der Waals surface area contributed by atoms with Gasteiger partial charge in [-0.2, -0.15) is 0 Å². The van der Waals surface area contributed by atoms with E-state index < -0.39 is 11.9 Å². The molecule has 1 N–H and O–H groups in total. The monoisotopic (exact) mass is 315 g/mol. The second-order valence-corrected chi connectivity index (χ2v) is 6.06. The summed E-state index contributed by atoms with van der Waals surface area (Å²) in [6.45, 7) is 2.72. The van der Waals surface area contributed by atoms with E-state index in [1.807, 2.05) is 12.1 Å². The second-order valence-electron chi connectivity index (χ2n) is 6.06. The summed E-state index contributed by atoms with van der Waals surface area (Å²) >= 11 is 0. The summed E-state index contributed by atoms with van der Waals surface area (Å²) in [6.07, 6.45) is 1.45. The maximum absolute atomic E-state index is 13.5. The fourth-order valence-corrected chi connectivity index (χ4v) is 3.07. The van der Waals surface area contributed by atoms with E-state index in [2.05, 4.69) is 24.0 Å². The Labute approximate surface area is 136 Å². The number of aryl methyl sites for hydroxylation is 1. The Morgan fingerprint density at radius 1 is 1.22 bits per heavy atom. The summed E-state index contributed by atoms with van der Waals surface area (Å²) in [5.41, 5.74) is 2.49. The van der Waals surface area contributed by atoms with E-state index in [1.54, 1.807) is 18.2 Å². The molecular weight excluding hydrogens is 293 g/mol. The minimum Gasteiger partial charge on any atom is -0.488 e. The maximum Gasteiger partial charge on any atom is 0.165 e. The van der Waals surface area contributed by atoms with Crippen LogP contribution in [0.3, 0.4) is 0 Å². The van der Waals surface area contributed by atoms with Crippen LogP contribution in [0.2, 0.25) is 0 Å². The molecule has 2 aromatic carbocycles. The number of ether oxygens (including phenoxy) is 1. The number of anilines is 1. The van der Waals surface area contributed by atoms with Crippen molar-refractivity contribution in [3.63, 3.8) is 0 Å². The predicted octanol–water partition coefficient (Wildman–Crippen LogP) is 3.41. The SMILES string of the molecule is CC1CCc2ccccc2N1CC(O)COc1ccccc1F. The third-order valence-electron chi connectivity index (χ3n) is 4.34. The van der Waals surface area contributed by atoms with Crippen molar-refractivity contribution in [2.24, 2.45) is 0 Å². The minimum atomic E-state index is -0.678. The van der Waals surface area contributed by atoms with Crippen LogP contribution in [0.15, 0.2) is 48.5 Å². The second kappa shape index (κ2) is 7.01. The molecule has 122 valence electrons. The van der Waals surface area contributed by atoms with Gasteiger partial charge in [-0.05, 0) is 43.5 Å². The van der Waals surface area contributed by atoms with Crippen LogP contribution in [-0.4, -0.2) is 30.4 Å². The number of fused-ring (bicyclic) bond motifs is 1. The Morgan fingerprint density at radius 2 is 1.96 bits per heavy atom. The summed E-state index contributed by atoms with van der Waals surface area (Å²) in [7, 11) is 0. The molecule has 1 heterocycles. The summed E-state index contributed by atoms with van der Waals surface area (Å²) < 4.78 is 19.0. The average molecular weight is 315 g/mol. The highest BCUT2D eigenvalue weighted by atomic mass is 19.1. The van der Waals surface area contributed by atoms with Gasteiger partial charge in [0.05, 0.1) is 0 Å². The van der Waals surface area contributed by atoms with E-state index in [9.17, 15) is 9.50 Å². The molecule has 0 aromatic heterocycles. The molecule has 23 heavy (non-hydrogen) atoms. The molecule has 0 saturated heterocycles. The third-order valence-corrected chi connectivity index (χ3v) is 4.34. The molecule has 4 heteroatoms. The van der Waals surface area contributed by atoms with E-state index in [0.29, 0.717) is 12.6 Å². The molecule has 0 radical (unpaired) electrons. The number of para-hydroxylation sites is 2. The van der Waals surface area contributed by atoms with Gasteiger partial charge in [-0.25, -0.2) is 4.39 Å². The van der Waals surface area contributed by atoms with Gasteiger partial charge in [-0.3, -0.25) is 0 Å². The standard InChI is InChI=1S/C19H22FNO2/c1-14-10-11-15-6-2-4-8-18(15)21(14)12-16(22)13-23-19-9-5-3-7-17(19)20/h2-9,14,16,22H,10-13H2,1H3. The van der Waals surface area contributed by atoms with Gasteiger partial charge in [0.15, 0.2) is 11.6 Å². The number of rotatable bonds is 5. The van der Waals surface area contributed by atoms with Gasteiger partial charge in [0.25, 0.3) is 0 Å². The average Bonchev–Trinajstić information content (AvgIpc) is 2.57. The number of halogens is 1. The van der Waals surface area contributed by atoms with Crippen LogP contribution in [0.4, 0.5) is 10.1 Å². The summed E-state index contributed by atoms with van der Waals surface area (Å²) in [5.74, 6) is -0.227. The first kappa shape index (κ1) is 15.8. The molecule has 0 saturated carbocycles. The smallest absolute Gasteiger partial charge is 0.165 e. The number of benzene rings is 2. The Hall–Kier alpha value is -2.07. The number of nitrogens with zero attached hydrogens (tertiary/aromatic N) is 1. The van der Waals surface area contributed by atoms with Crippen molar-refractivity contribution in [1.29, 1.82) is 0 Å². The number of aliphatic hydroxyl groups is 1. The van der Waals surface area contributed by atoms with E-state index in [4.69, 9.17) is 4.74 Å². The van der Waals surface area contributed by atoms with Crippen molar-refractivity contribution in [3.05, 3.63) is 59.9 Å². The number of hydrogen-bond donors (Lipinski definition) is 1. The van der Waals surface area contributed by atoms with Gasteiger partial charge in [-0.1, -0.05) is 30.3 Å². The first-order chi connectivity index (χ1) is 11.1. The highest BCUT2D eigenvalue weighted by molar-refractivity contribution is 5.56. The van der Waals surface area contributed by atoms with E-state index in [0.717, 1.165) is 12.8 Å². The van der Waals surface area contributed by atoms with Crippen LogP contribution >= 0.6 is 0 Å². The van der Waals surface area contributed by atoms with E-state index in [-0.39, 0.29) is 12.4 Å². The van der Waals surface area contributed by atoms with Gasteiger partial charge >= 0.3 is 0 Å². The molecule has 0 fully saturated rings. The molecule has 0 bridgehead atoms. The molecular formula is C19H22FNO2. The molecule has 0 spiro atoms. The Kier molecular flexibility index (Phi) is 4.82. The first-order valence-corrected chi connectivity index (χ1v) is 8.05. The molecule has 0 amide bonds. The lowest BCUT2D eigenvalue weighted by Crippen LogP contribution is -2.43. The Bertz CT molecular complexity index is 661. The van der Waals surface area contributed by atoms with Crippen molar-refractivity contribution in [2.45, 2.75) is 31.9 Å². The fourth-order valence-electron chi connectivity index (χ4n) is 3.07. The molecule has 1 aliphatic heterocycles. The Morgan fingerprint density at radius 3 is 2.78 bits per heavy atom. The molecule has 2 atom stereocenters. The van der Waals surface area contributed by atoms with Gasteiger partial charge in [0.2, 0.25) is 0 Å². The van der Waals surface area contributed by atoms with Gasteiger partial charge < -0.3 is 14.7 Å². The van der Waals surface area contributed by atoms with Gasteiger partial charge in [0, 0.05) is 18.3 Å². The van der Waals surface area contributed by atoms with E-state index >= 15 is 0 Å². The highest BCUT2D eigenvalue weighted by Crippen LogP contribution is 2.30. The fraction of sp³-hybridized carbons (Fsp3) is 0.368. The van der Waals surface area contributed by atoms with Crippen molar-refractivity contribution in [3.8, 4) is 5.75 Å². The van der Waals surface area contributed by atoms with Crippen LogP contribution in [0.1, 0.15) is 18.9 Å². The molecule has 2 aromatic rings. The minimum absolute atomic E-state index is 0.0757.